The first-order valence-electron chi connectivity index (χ1n) is 9.63. The van der Waals surface area contributed by atoms with Gasteiger partial charge in [0.25, 0.3) is 0 Å². The lowest BCUT2D eigenvalue weighted by molar-refractivity contribution is -0.00238. The van der Waals surface area contributed by atoms with Crippen molar-refractivity contribution in [3.8, 4) is 0 Å². The number of aromatic nitrogens is 2. The summed E-state index contributed by atoms with van der Waals surface area (Å²) < 4.78 is 5.48. The minimum Gasteiger partial charge on any atom is -0.379 e. The van der Waals surface area contributed by atoms with Gasteiger partial charge in [-0.2, -0.15) is 0 Å². The van der Waals surface area contributed by atoms with Gasteiger partial charge in [0, 0.05) is 50.6 Å². The number of piperazine rings is 1. The minimum atomic E-state index is 0.108. The first kappa shape index (κ1) is 19.3. The van der Waals surface area contributed by atoms with Crippen LogP contribution < -0.4 is 10.2 Å². The van der Waals surface area contributed by atoms with E-state index in [-0.39, 0.29) is 5.54 Å². The summed E-state index contributed by atoms with van der Waals surface area (Å²) in [4.78, 5) is 13.1. The summed E-state index contributed by atoms with van der Waals surface area (Å²) in [6.07, 6.45) is 0. The second-order valence-electron chi connectivity index (χ2n) is 7.80. The van der Waals surface area contributed by atoms with Gasteiger partial charge in [-0.3, -0.25) is 4.90 Å². The maximum absolute atomic E-state index is 6.56. The van der Waals surface area contributed by atoms with E-state index in [1.165, 1.54) is 0 Å². The van der Waals surface area contributed by atoms with Crippen LogP contribution >= 0.6 is 23.4 Å². The molecule has 148 valence electrons. The molecule has 2 aromatic rings. The molecule has 3 heterocycles. The smallest absolute Gasteiger partial charge is 0.166 e. The summed E-state index contributed by atoms with van der Waals surface area (Å²) in [6, 6.07) is 4.13. The van der Waals surface area contributed by atoms with Crippen molar-refractivity contribution in [1.82, 2.24) is 20.2 Å². The zero-order chi connectivity index (χ0) is 18.9. The van der Waals surface area contributed by atoms with Crippen LogP contribution in [0.1, 0.15) is 13.8 Å². The fraction of sp³-hybridized carbons (Fsp3) is 0.632. The van der Waals surface area contributed by atoms with E-state index in [1.807, 2.05) is 6.07 Å². The van der Waals surface area contributed by atoms with Crippen LogP contribution in [0.2, 0.25) is 5.02 Å². The van der Waals surface area contributed by atoms with Crippen molar-refractivity contribution in [1.29, 1.82) is 0 Å². The predicted octanol–water partition coefficient (Wildman–Crippen LogP) is 2.83. The lowest BCUT2D eigenvalue weighted by Gasteiger charge is -2.40. The summed E-state index contributed by atoms with van der Waals surface area (Å²) in [5, 5.41) is 5.13. The number of benzene rings is 1. The number of hydrogen-bond donors (Lipinski definition) is 2. The van der Waals surface area contributed by atoms with Gasteiger partial charge < -0.3 is 19.9 Å². The van der Waals surface area contributed by atoms with Gasteiger partial charge in [-0.1, -0.05) is 23.4 Å². The van der Waals surface area contributed by atoms with Gasteiger partial charge in [0.2, 0.25) is 0 Å². The van der Waals surface area contributed by atoms with Gasteiger partial charge in [0.05, 0.1) is 35.0 Å². The van der Waals surface area contributed by atoms with Gasteiger partial charge in [-0.25, -0.2) is 4.98 Å². The van der Waals surface area contributed by atoms with Crippen LogP contribution in [0.4, 0.5) is 5.69 Å². The van der Waals surface area contributed by atoms with Crippen LogP contribution in [0.3, 0.4) is 0 Å². The molecule has 0 radical (unpaired) electrons. The lowest BCUT2D eigenvalue weighted by atomic mass is 10.1. The first-order valence-corrected chi connectivity index (χ1v) is 11.0. The number of nitrogens with zero attached hydrogens (tertiary/aromatic N) is 3. The monoisotopic (exact) mass is 409 g/mol. The van der Waals surface area contributed by atoms with Gasteiger partial charge in [-0.15, -0.1) is 0 Å². The second kappa shape index (κ2) is 8.17. The first-order chi connectivity index (χ1) is 13.0. The Labute approximate surface area is 170 Å². The Bertz CT molecular complexity index is 784. The molecule has 8 heteroatoms. The number of rotatable bonds is 5. The molecule has 27 heavy (non-hydrogen) atoms. The highest BCUT2D eigenvalue weighted by atomic mass is 35.5. The van der Waals surface area contributed by atoms with Gasteiger partial charge in [0.1, 0.15) is 0 Å². The molecule has 2 N–H and O–H groups in total. The number of nitrogens with one attached hydrogen (secondary N) is 2. The molecule has 0 spiro atoms. The molecule has 0 amide bonds. The minimum absolute atomic E-state index is 0.108. The molecule has 2 aliphatic rings. The summed E-state index contributed by atoms with van der Waals surface area (Å²) in [5.41, 5.74) is 3.18. The highest BCUT2D eigenvalue weighted by molar-refractivity contribution is 7.99. The van der Waals surface area contributed by atoms with E-state index in [2.05, 4.69) is 40.0 Å². The molecule has 0 unspecified atom stereocenters. The summed E-state index contributed by atoms with van der Waals surface area (Å²) in [5.74, 6) is 0.977. The van der Waals surface area contributed by atoms with Crippen LogP contribution in [0.5, 0.6) is 0 Å². The number of H-pyrrole nitrogens is 1. The van der Waals surface area contributed by atoms with Crippen molar-refractivity contribution in [2.75, 3.05) is 63.1 Å². The standard InChI is InChI=1S/C19H28ClN5OS/c1-19(2,25-7-9-26-10-8-25)13-27-18-22-15-11-14(20)17(12-16(15)23-18)24-5-3-21-4-6-24/h11-12,21H,3-10,13H2,1-2H3,(H,22,23). The van der Waals surface area contributed by atoms with E-state index in [9.17, 15) is 0 Å². The fourth-order valence-corrected chi connectivity index (χ4v) is 5.02. The number of hydrogen-bond acceptors (Lipinski definition) is 6. The van der Waals surface area contributed by atoms with E-state index < -0.39 is 0 Å². The third kappa shape index (κ3) is 4.38. The Balaban J connectivity index is 1.48. The number of halogens is 1. The maximum Gasteiger partial charge on any atom is 0.166 e. The van der Waals surface area contributed by atoms with Crippen LogP contribution in [0.25, 0.3) is 11.0 Å². The van der Waals surface area contributed by atoms with Crippen molar-refractivity contribution >= 4 is 40.1 Å². The molecule has 2 saturated heterocycles. The average Bonchev–Trinajstić information content (AvgIpc) is 3.09. The number of ether oxygens (including phenoxy) is 1. The van der Waals surface area contributed by atoms with Crippen molar-refractivity contribution < 1.29 is 4.74 Å². The average molecular weight is 410 g/mol. The number of imidazole rings is 1. The molecular formula is C19H28ClN5OS. The highest BCUT2D eigenvalue weighted by Gasteiger charge is 2.28. The molecule has 1 aromatic carbocycles. The maximum atomic E-state index is 6.56. The van der Waals surface area contributed by atoms with Gasteiger partial charge in [-0.05, 0) is 26.0 Å². The number of fused-ring (bicyclic) bond motifs is 1. The summed E-state index contributed by atoms with van der Waals surface area (Å²) >= 11 is 8.34. The van der Waals surface area contributed by atoms with Crippen molar-refractivity contribution in [2.45, 2.75) is 24.5 Å². The Morgan fingerprint density at radius 3 is 2.67 bits per heavy atom. The molecule has 0 aliphatic carbocycles. The number of morpholine rings is 1. The summed E-state index contributed by atoms with van der Waals surface area (Å²) in [6.45, 7) is 12.2. The van der Waals surface area contributed by atoms with Crippen molar-refractivity contribution in [2.24, 2.45) is 0 Å². The third-order valence-corrected chi connectivity index (χ3v) is 7.04. The zero-order valence-electron chi connectivity index (χ0n) is 16.1. The van der Waals surface area contributed by atoms with E-state index in [0.29, 0.717) is 0 Å². The molecule has 6 nitrogen and oxygen atoms in total. The lowest BCUT2D eigenvalue weighted by Crippen LogP contribution is -2.51. The van der Waals surface area contributed by atoms with E-state index in [0.717, 1.165) is 85.1 Å². The van der Waals surface area contributed by atoms with Crippen LogP contribution in [0.15, 0.2) is 17.3 Å². The predicted molar refractivity (Wildman–Crippen MR) is 113 cm³/mol. The Hall–Kier alpha value is -0.990. The highest BCUT2D eigenvalue weighted by Crippen LogP contribution is 2.33. The molecule has 0 saturated carbocycles. The van der Waals surface area contributed by atoms with Crippen LogP contribution in [-0.4, -0.2) is 78.6 Å². The number of thioether (sulfide) groups is 1. The molecular weight excluding hydrogens is 382 g/mol. The van der Waals surface area contributed by atoms with Crippen LogP contribution in [0, 0.1) is 0 Å². The fourth-order valence-electron chi connectivity index (χ4n) is 3.72. The number of aromatic amines is 1. The molecule has 4 rings (SSSR count). The number of anilines is 1. The summed E-state index contributed by atoms with van der Waals surface area (Å²) in [7, 11) is 0. The molecule has 1 aromatic heterocycles. The normalized spacial score (nSPS) is 19.7. The largest absolute Gasteiger partial charge is 0.379 e. The van der Waals surface area contributed by atoms with Crippen molar-refractivity contribution in [3.63, 3.8) is 0 Å². The quantitative estimate of drug-likeness (QED) is 0.740. The Morgan fingerprint density at radius 1 is 1.19 bits per heavy atom. The molecule has 2 fully saturated rings. The van der Waals surface area contributed by atoms with E-state index >= 15 is 0 Å². The van der Waals surface area contributed by atoms with Crippen molar-refractivity contribution in [3.05, 3.63) is 17.2 Å². The van der Waals surface area contributed by atoms with Gasteiger partial charge >= 0.3 is 0 Å². The topological polar surface area (TPSA) is 56.4 Å². The Kier molecular flexibility index (Phi) is 5.85. The van der Waals surface area contributed by atoms with E-state index in [1.54, 1.807) is 11.8 Å². The molecule has 0 atom stereocenters. The second-order valence-corrected chi connectivity index (χ2v) is 9.17. The Morgan fingerprint density at radius 2 is 1.93 bits per heavy atom. The SMILES string of the molecule is CC(C)(CSc1nc2cc(N3CCNCC3)c(Cl)cc2[nH]1)N1CCOCC1. The van der Waals surface area contributed by atoms with Gasteiger partial charge in [0.15, 0.2) is 5.16 Å². The molecule has 0 bridgehead atoms. The van der Waals surface area contributed by atoms with E-state index in [4.69, 9.17) is 21.3 Å². The third-order valence-electron chi connectivity index (χ3n) is 5.42. The van der Waals surface area contributed by atoms with Crippen LogP contribution in [-0.2, 0) is 4.74 Å². The molecule has 2 aliphatic heterocycles. The zero-order valence-corrected chi connectivity index (χ0v) is 17.6.